The van der Waals surface area contributed by atoms with E-state index in [1.165, 1.54) is 32.8 Å². The molecule has 1 N–H and O–H groups in total. The summed E-state index contributed by atoms with van der Waals surface area (Å²) in [6.45, 7) is 2.07. The summed E-state index contributed by atoms with van der Waals surface area (Å²) in [5, 5.41) is 3.23. The number of methoxy groups -OCH3 is 1. The molecule has 24 heavy (non-hydrogen) atoms. The highest BCUT2D eigenvalue weighted by atomic mass is 16.5. The Morgan fingerprint density at radius 1 is 1.12 bits per heavy atom. The highest BCUT2D eigenvalue weighted by Gasteiger charge is 2.12. The number of ether oxygens (including phenoxy) is 1. The van der Waals surface area contributed by atoms with Gasteiger partial charge in [-0.1, -0.05) is 18.9 Å². The largest absolute Gasteiger partial charge is 0.465 e. The number of esters is 1. The SMILES string of the molecule is COC(=O)c1cccc(Nc2cc(N3CCCCCC3)ncn2)c1. The number of nitrogens with one attached hydrogen (secondary N) is 1. The molecule has 0 unspecified atom stereocenters. The lowest BCUT2D eigenvalue weighted by atomic mass is 10.2. The summed E-state index contributed by atoms with van der Waals surface area (Å²) in [4.78, 5) is 22.6. The molecule has 0 atom stereocenters. The number of nitrogens with zero attached hydrogens (tertiary/aromatic N) is 3. The number of anilines is 3. The van der Waals surface area contributed by atoms with E-state index >= 15 is 0 Å². The molecule has 6 nitrogen and oxygen atoms in total. The second-order valence-electron chi connectivity index (χ2n) is 5.86. The van der Waals surface area contributed by atoms with Gasteiger partial charge in [0.1, 0.15) is 18.0 Å². The Morgan fingerprint density at radius 3 is 2.67 bits per heavy atom. The monoisotopic (exact) mass is 326 g/mol. The van der Waals surface area contributed by atoms with Crippen molar-refractivity contribution in [2.24, 2.45) is 0 Å². The predicted molar refractivity (Wildman–Crippen MR) is 93.8 cm³/mol. The molecule has 0 spiro atoms. The van der Waals surface area contributed by atoms with Gasteiger partial charge in [-0.05, 0) is 31.0 Å². The van der Waals surface area contributed by atoms with Crippen LogP contribution in [0.2, 0.25) is 0 Å². The molecule has 0 amide bonds. The number of hydrogen-bond donors (Lipinski definition) is 1. The summed E-state index contributed by atoms with van der Waals surface area (Å²) in [6, 6.07) is 9.13. The molecular formula is C18H22N4O2. The fourth-order valence-electron chi connectivity index (χ4n) is 2.88. The maximum atomic E-state index is 11.6. The van der Waals surface area contributed by atoms with E-state index in [2.05, 4.69) is 20.2 Å². The van der Waals surface area contributed by atoms with E-state index in [0.29, 0.717) is 11.4 Å². The summed E-state index contributed by atoms with van der Waals surface area (Å²) in [6.07, 6.45) is 6.55. The van der Waals surface area contributed by atoms with Crippen molar-refractivity contribution in [2.75, 3.05) is 30.4 Å². The normalized spacial score (nSPS) is 14.8. The predicted octanol–water partition coefficient (Wildman–Crippen LogP) is 3.39. The van der Waals surface area contributed by atoms with Gasteiger partial charge in [-0.2, -0.15) is 0 Å². The Kier molecular flexibility index (Phi) is 5.25. The van der Waals surface area contributed by atoms with Crippen LogP contribution in [0.4, 0.5) is 17.3 Å². The van der Waals surface area contributed by atoms with Crippen LogP contribution in [0.25, 0.3) is 0 Å². The quantitative estimate of drug-likeness (QED) is 0.869. The second-order valence-corrected chi connectivity index (χ2v) is 5.86. The average Bonchev–Trinajstić information content (AvgIpc) is 2.91. The van der Waals surface area contributed by atoms with Crippen molar-refractivity contribution >= 4 is 23.3 Å². The standard InChI is InChI=1S/C18H22N4O2/c1-24-18(23)14-7-6-8-15(11-14)21-16-12-17(20-13-19-16)22-9-4-2-3-5-10-22/h6-8,11-13H,2-5,9-10H2,1H3,(H,19,20,21). The molecule has 2 heterocycles. The first kappa shape index (κ1) is 16.2. The molecule has 2 aromatic rings. The molecule has 126 valence electrons. The molecule has 1 saturated heterocycles. The van der Waals surface area contributed by atoms with E-state index in [-0.39, 0.29) is 5.97 Å². The van der Waals surface area contributed by atoms with Crippen molar-refractivity contribution in [3.8, 4) is 0 Å². The highest BCUT2D eigenvalue weighted by molar-refractivity contribution is 5.90. The van der Waals surface area contributed by atoms with Gasteiger partial charge < -0.3 is 15.0 Å². The van der Waals surface area contributed by atoms with Gasteiger partial charge in [0.15, 0.2) is 0 Å². The smallest absolute Gasteiger partial charge is 0.337 e. The average molecular weight is 326 g/mol. The summed E-state index contributed by atoms with van der Waals surface area (Å²) in [5.74, 6) is 1.30. The van der Waals surface area contributed by atoms with Crippen molar-refractivity contribution in [3.63, 3.8) is 0 Å². The molecule has 1 fully saturated rings. The lowest BCUT2D eigenvalue weighted by molar-refractivity contribution is 0.0601. The minimum absolute atomic E-state index is 0.355. The fraction of sp³-hybridized carbons (Fsp3) is 0.389. The molecule has 6 heteroatoms. The van der Waals surface area contributed by atoms with Crippen LogP contribution in [0.1, 0.15) is 36.0 Å². The van der Waals surface area contributed by atoms with Gasteiger partial charge in [0.25, 0.3) is 0 Å². The number of rotatable bonds is 4. The molecule has 0 saturated carbocycles. The van der Waals surface area contributed by atoms with E-state index in [4.69, 9.17) is 4.74 Å². The Bertz CT molecular complexity index is 697. The van der Waals surface area contributed by atoms with Crippen LogP contribution in [0.3, 0.4) is 0 Å². The molecule has 3 rings (SSSR count). The maximum Gasteiger partial charge on any atom is 0.337 e. The van der Waals surface area contributed by atoms with Gasteiger partial charge in [-0.3, -0.25) is 0 Å². The highest BCUT2D eigenvalue weighted by Crippen LogP contribution is 2.22. The fourth-order valence-corrected chi connectivity index (χ4v) is 2.88. The van der Waals surface area contributed by atoms with Crippen LogP contribution >= 0.6 is 0 Å². The zero-order valence-corrected chi connectivity index (χ0v) is 13.9. The van der Waals surface area contributed by atoms with E-state index in [1.54, 1.807) is 18.5 Å². The number of aromatic nitrogens is 2. The molecule has 1 aliphatic heterocycles. The van der Waals surface area contributed by atoms with E-state index in [9.17, 15) is 4.79 Å². The van der Waals surface area contributed by atoms with Crippen LogP contribution < -0.4 is 10.2 Å². The van der Waals surface area contributed by atoms with Crippen molar-refractivity contribution < 1.29 is 9.53 Å². The Labute approximate surface area is 141 Å². The summed E-state index contributed by atoms with van der Waals surface area (Å²) in [5.41, 5.74) is 1.29. The van der Waals surface area contributed by atoms with Gasteiger partial charge in [0, 0.05) is 24.8 Å². The van der Waals surface area contributed by atoms with Gasteiger partial charge in [0.2, 0.25) is 0 Å². The lowest BCUT2D eigenvalue weighted by Gasteiger charge is -2.21. The first-order valence-corrected chi connectivity index (χ1v) is 8.28. The van der Waals surface area contributed by atoms with E-state index in [0.717, 1.165) is 24.6 Å². The van der Waals surface area contributed by atoms with E-state index in [1.807, 2.05) is 18.2 Å². The van der Waals surface area contributed by atoms with Crippen molar-refractivity contribution in [1.82, 2.24) is 9.97 Å². The molecule has 1 aromatic carbocycles. The van der Waals surface area contributed by atoms with Crippen LogP contribution in [0.15, 0.2) is 36.7 Å². The van der Waals surface area contributed by atoms with Gasteiger partial charge in [-0.25, -0.2) is 14.8 Å². The number of carbonyl (C=O) groups is 1. The Morgan fingerprint density at radius 2 is 1.92 bits per heavy atom. The summed E-state index contributed by atoms with van der Waals surface area (Å²) >= 11 is 0. The number of benzene rings is 1. The third kappa shape index (κ3) is 4.01. The topological polar surface area (TPSA) is 67.3 Å². The van der Waals surface area contributed by atoms with Crippen molar-refractivity contribution in [2.45, 2.75) is 25.7 Å². The second kappa shape index (κ2) is 7.77. The third-order valence-corrected chi connectivity index (χ3v) is 4.14. The molecular weight excluding hydrogens is 304 g/mol. The summed E-state index contributed by atoms with van der Waals surface area (Å²) in [7, 11) is 1.38. The number of carbonyl (C=O) groups excluding carboxylic acids is 1. The van der Waals surface area contributed by atoms with Crippen LogP contribution in [-0.2, 0) is 4.74 Å². The summed E-state index contributed by atoms with van der Waals surface area (Å²) < 4.78 is 4.75. The lowest BCUT2D eigenvalue weighted by Crippen LogP contribution is -2.25. The van der Waals surface area contributed by atoms with Gasteiger partial charge in [0.05, 0.1) is 12.7 Å². The van der Waals surface area contributed by atoms with Crippen LogP contribution in [0, 0.1) is 0 Å². The van der Waals surface area contributed by atoms with Crippen LogP contribution in [-0.4, -0.2) is 36.1 Å². The molecule has 1 aliphatic rings. The molecule has 1 aromatic heterocycles. The van der Waals surface area contributed by atoms with Crippen molar-refractivity contribution in [1.29, 1.82) is 0 Å². The van der Waals surface area contributed by atoms with Gasteiger partial charge >= 0.3 is 5.97 Å². The minimum atomic E-state index is -0.355. The molecule has 0 bridgehead atoms. The van der Waals surface area contributed by atoms with Crippen LogP contribution in [0.5, 0.6) is 0 Å². The minimum Gasteiger partial charge on any atom is -0.465 e. The maximum absolute atomic E-state index is 11.6. The first-order chi connectivity index (χ1) is 11.8. The first-order valence-electron chi connectivity index (χ1n) is 8.28. The Balaban J connectivity index is 1.76. The van der Waals surface area contributed by atoms with Gasteiger partial charge in [-0.15, -0.1) is 0 Å². The van der Waals surface area contributed by atoms with E-state index < -0.39 is 0 Å². The number of hydrogen-bond acceptors (Lipinski definition) is 6. The van der Waals surface area contributed by atoms with Crippen molar-refractivity contribution in [3.05, 3.63) is 42.2 Å². The Hall–Kier alpha value is -2.63. The molecule has 0 aliphatic carbocycles. The zero-order chi connectivity index (χ0) is 16.8. The molecule has 0 radical (unpaired) electrons. The zero-order valence-electron chi connectivity index (χ0n) is 13.9. The third-order valence-electron chi connectivity index (χ3n) is 4.14.